The van der Waals surface area contributed by atoms with E-state index in [-0.39, 0.29) is 23.7 Å². The lowest BCUT2D eigenvalue weighted by molar-refractivity contribution is 0.599. The summed E-state index contributed by atoms with van der Waals surface area (Å²) in [5.74, 6) is -0.674. The van der Waals surface area contributed by atoms with Gasteiger partial charge in [-0.25, -0.2) is 8.78 Å². The smallest absolute Gasteiger partial charge is 0.146 e. The molecule has 0 bridgehead atoms. The zero-order valence-electron chi connectivity index (χ0n) is 16.3. The summed E-state index contributed by atoms with van der Waals surface area (Å²) in [6, 6.07) is 32.0. The number of nitrogens with one attached hydrogen (secondary N) is 2. The lowest BCUT2D eigenvalue weighted by atomic mass is 9.92. The molecule has 0 heterocycles. The van der Waals surface area contributed by atoms with Crippen LogP contribution in [0.4, 0.5) is 20.2 Å². The van der Waals surface area contributed by atoms with Crippen molar-refractivity contribution >= 4 is 11.4 Å². The highest BCUT2D eigenvalue weighted by Gasteiger charge is 2.26. The molecule has 0 spiro atoms. The maximum atomic E-state index is 14.5. The SMILES string of the molecule is Fc1ccccc1NC(c1ccccc1)C(Nc1ccccc1F)c1ccccc1. The van der Waals surface area contributed by atoms with Gasteiger partial charge in [0.05, 0.1) is 23.5 Å². The van der Waals surface area contributed by atoms with Crippen molar-refractivity contribution in [3.63, 3.8) is 0 Å². The molecular weight excluding hydrogens is 378 g/mol. The van der Waals surface area contributed by atoms with Gasteiger partial charge in [0.25, 0.3) is 0 Å². The number of hydrogen-bond acceptors (Lipinski definition) is 2. The predicted octanol–water partition coefficient (Wildman–Crippen LogP) is 6.97. The van der Waals surface area contributed by atoms with Crippen LogP contribution in [0.15, 0.2) is 109 Å². The third-order valence-electron chi connectivity index (χ3n) is 5.02. The quantitative estimate of drug-likeness (QED) is 0.350. The molecule has 2 nitrogen and oxygen atoms in total. The highest BCUT2D eigenvalue weighted by Crippen LogP contribution is 2.36. The van der Waals surface area contributed by atoms with Gasteiger partial charge in [0, 0.05) is 0 Å². The van der Waals surface area contributed by atoms with E-state index in [1.54, 1.807) is 36.4 Å². The number of halogens is 2. The van der Waals surface area contributed by atoms with Crippen LogP contribution in [0.3, 0.4) is 0 Å². The normalized spacial score (nSPS) is 12.7. The summed E-state index contributed by atoms with van der Waals surface area (Å²) in [4.78, 5) is 0. The largest absolute Gasteiger partial charge is 0.373 e. The van der Waals surface area contributed by atoms with Gasteiger partial charge >= 0.3 is 0 Å². The molecule has 150 valence electrons. The fourth-order valence-corrected chi connectivity index (χ4v) is 3.53. The molecule has 0 radical (unpaired) electrons. The number of hydrogen-bond donors (Lipinski definition) is 2. The molecule has 0 saturated heterocycles. The summed E-state index contributed by atoms with van der Waals surface area (Å²) >= 11 is 0. The van der Waals surface area contributed by atoms with Crippen LogP contribution in [0.1, 0.15) is 23.2 Å². The molecule has 0 fully saturated rings. The Labute approximate surface area is 175 Å². The second kappa shape index (κ2) is 9.23. The van der Waals surface area contributed by atoms with Crippen molar-refractivity contribution in [1.29, 1.82) is 0 Å². The Morgan fingerprint density at radius 3 is 1.13 bits per heavy atom. The van der Waals surface area contributed by atoms with Crippen LogP contribution in [-0.4, -0.2) is 0 Å². The molecule has 0 aliphatic heterocycles. The zero-order valence-corrected chi connectivity index (χ0v) is 16.3. The molecule has 0 amide bonds. The monoisotopic (exact) mass is 400 g/mol. The van der Waals surface area contributed by atoms with E-state index in [4.69, 9.17) is 0 Å². The predicted molar refractivity (Wildman–Crippen MR) is 118 cm³/mol. The minimum atomic E-state index is -0.356. The van der Waals surface area contributed by atoms with Crippen molar-refractivity contribution in [3.05, 3.63) is 132 Å². The molecule has 0 saturated carbocycles. The molecule has 30 heavy (non-hydrogen) atoms. The van der Waals surface area contributed by atoms with E-state index in [1.165, 1.54) is 12.1 Å². The maximum absolute atomic E-state index is 14.5. The zero-order chi connectivity index (χ0) is 20.8. The van der Waals surface area contributed by atoms with Crippen LogP contribution in [0.25, 0.3) is 0 Å². The first-order valence-corrected chi connectivity index (χ1v) is 9.84. The standard InChI is InChI=1S/C26H22F2N2/c27-21-15-7-9-17-23(21)29-25(19-11-3-1-4-12-19)26(20-13-5-2-6-14-20)30-24-18-10-8-16-22(24)28/h1-18,25-26,29-30H. The Balaban J connectivity index is 1.80. The minimum Gasteiger partial charge on any atom is -0.373 e. The van der Waals surface area contributed by atoms with Gasteiger partial charge in [-0.3, -0.25) is 0 Å². The lowest BCUT2D eigenvalue weighted by Crippen LogP contribution is -2.26. The molecule has 4 aromatic rings. The van der Waals surface area contributed by atoms with Gasteiger partial charge in [0.2, 0.25) is 0 Å². The number of benzene rings is 4. The topological polar surface area (TPSA) is 24.1 Å². The molecule has 2 N–H and O–H groups in total. The summed E-state index contributed by atoms with van der Waals surface area (Å²) in [5, 5.41) is 6.68. The highest BCUT2D eigenvalue weighted by molar-refractivity contribution is 5.52. The highest BCUT2D eigenvalue weighted by atomic mass is 19.1. The molecule has 4 aromatic carbocycles. The van der Waals surface area contributed by atoms with Crippen LogP contribution in [0, 0.1) is 11.6 Å². The second-order valence-electron chi connectivity index (χ2n) is 7.03. The summed E-state index contributed by atoms with van der Waals surface area (Å²) < 4.78 is 29.0. The molecule has 0 aromatic heterocycles. The van der Waals surface area contributed by atoms with Crippen molar-refractivity contribution in [2.45, 2.75) is 12.1 Å². The molecule has 4 rings (SSSR count). The molecule has 2 unspecified atom stereocenters. The van der Waals surface area contributed by atoms with Crippen LogP contribution in [0.5, 0.6) is 0 Å². The lowest BCUT2D eigenvalue weighted by Gasteiger charge is -2.31. The fourth-order valence-electron chi connectivity index (χ4n) is 3.53. The van der Waals surface area contributed by atoms with Crippen LogP contribution in [0.2, 0.25) is 0 Å². The van der Waals surface area contributed by atoms with Gasteiger partial charge in [-0.1, -0.05) is 84.9 Å². The number of rotatable bonds is 7. The Bertz CT molecular complexity index is 995. The Morgan fingerprint density at radius 1 is 0.433 bits per heavy atom. The van der Waals surface area contributed by atoms with Gasteiger partial charge in [-0.15, -0.1) is 0 Å². The molecule has 0 aliphatic rings. The third-order valence-corrected chi connectivity index (χ3v) is 5.02. The number of anilines is 2. The minimum absolute atomic E-state index is 0.337. The van der Waals surface area contributed by atoms with E-state index in [2.05, 4.69) is 10.6 Å². The summed E-state index contributed by atoms with van der Waals surface area (Å²) in [6.45, 7) is 0. The molecule has 0 aliphatic carbocycles. The summed E-state index contributed by atoms with van der Waals surface area (Å²) in [5.41, 5.74) is 2.70. The average molecular weight is 400 g/mol. The van der Waals surface area contributed by atoms with E-state index in [9.17, 15) is 8.78 Å². The summed E-state index contributed by atoms with van der Waals surface area (Å²) in [6.07, 6.45) is 0. The van der Waals surface area contributed by atoms with Crippen LogP contribution < -0.4 is 10.6 Å². The van der Waals surface area contributed by atoms with Crippen molar-refractivity contribution in [2.24, 2.45) is 0 Å². The van der Waals surface area contributed by atoms with E-state index >= 15 is 0 Å². The molecule has 2 atom stereocenters. The Morgan fingerprint density at radius 2 is 0.767 bits per heavy atom. The maximum Gasteiger partial charge on any atom is 0.146 e. The van der Waals surface area contributed by atoms with Crippen LogP contribution in [-0.2, 0) is 0 Å². The Kier molecular flexibility index (Phi) is 6.04. The Hall–Kier alpha value is -3.66. The van der Waals surface area contributed by atoms with Gasteiger partial charge in [-0.2, -0.15) is 0 Å². The number of para-hydroxylation sites is 2. The van der Waals surface area contributed by atoms with Crippen molar-refractivity contribution in [3.8, 4) is 0 Å². The first-order valence-electron chi connectivity index (χ1n) is 9.84. The summed E-state index contributed by atoms with van der Waals surface area (Å²) in [7, 11) is 0. The van der Waals surface area contributed by atoms with E-state index in [0.717, 1.165) is 11.1 Å². The van der Waals surface area contributed by atoms with Crippen LogP contribution >= 0.6 is 0 Å². The van der Waals surface area contributed by atoms with Crippen molar-refractivity contribution < 1.29 is 8.78 Å². The first-order chi connectivity index (χ1) is 14.7. The average Bonchev–Trinajstić information content (AvgIpc) is 2.80. The van der Waals surface area contributed by atoms with Gasteiger partial charge in [-0.05, 0) is 35.4 Å². The van der Waals surface area contributed by atoms with E-state index < -0.39 is 0 Å². The third kappa shape index (κ3) is 4.49. The van der Waals surface area contributed by atoms with Gasteiger partial charge < -0.3 is 10.6 Å². The van der Waals surface area contributed by atoms with Crippen molar-refractivity contribution in [2.75, 3.05) is 10.6 Å². The molecular formula is C26H22F2N2. The van der Waals surface area contributed by atoms with E-state index in [1.807, 2.05) is 60.7 Å². The van der Waals surface area contributed by atoms with Crippen molar-refractivity contribution in [1.82, 2.24) is 0 Å². The second-order valence-corrected chi connectivity index (χ2v) is 7.03. The first kappa shape index (κ1) is 19.6. The fraction of sp³-hybridized carbons (Fsp3) is 0.0769. The van der Waals surface area contributed by atoms with E-state index in [0.29, 0.717) is 11.4 Å². The molecule has 4 heteroatoms. The van der Waals surface area contributed by atoms with Gasteiger partial charge in [0.15, 0.2) is 0 Å². The van der Waals surface area contributed by atoms with Gasteiger partial charge in [0.1, 0.15) is 11.6 Å².